The molecule has 2 atom stereocenters. The monoisotopic (exact) mass is 506 g/mol. The molecule has 0 spiro atoms. The topological polar surface area (TPSA) is 109 Å². The summed E-state index contributed by atoms with van der Waals surface area (Å²) in [6.45, 7) is 2.18. The van der Waals surface area contributed by atoms with Gasteiger partial charge in [0.2, 0.25) is 5.88 Å². The second-order valence-electron chi connectivity index (χ2n) is 7.88. The van der Waals surface area contributed by atoms with Crippen LogP contribution in [0.25, 0.3) is 11.4 Å². The van der Waals surface area contributed by atoms with Gasteiger partial charge in [-0.15, -0.1) is 0 Å². The van der Waals surface area contributed by atoms with Gasteiger partial charge in [0.05, 0.1) is 16.1 Å². The number of hydrogen-bond donors (Lipinski definition) is 4. The summed E-state index contributed by atoms with van der Waals surface area (Å²) in [6.07, 6.45) is -1.65. The number of aromatic nitrogens is 2. The van der Waals surface area contributed by atoms with Crippen LogP contribution in [-0.4, -0.2) is 41.0 Å². The van der Waals surface area contributed by atoms with Crippen LogP contribution in [0.15, 0.2) is 41.3 Å². The lowest BCUT2D eigenvalue weighted by Gasteiger charge is -2.27. The van der Waals surface area contributed by atoms with Crippen molar-refractivity contribution < 1.29 is 22.3 Å². The Bertz CT molecular complexity index is 1260. The zero-order valence-electron chi connectivity index (χ0n) is 18.5. The van der Waals surface area contributed by atoms with Crippen LogP contribution in [0.1, 0.15) is 18.9 Å². The Morgan fingerprint density at radius 3 is 2.69 bits per heavy atom. The molecular weight excluding hydrogens is 484 g/mol. The SMILES string of the molecule is CC(=N)c1c(N)nc(-c2ccc(NSc3cc(F)ccc3F)c(F)c2)nc1OC1CCNCC1F. The molecule has 0 amide bonds. The van der Waals surface area contributed by atoms with E-state index in [1.54, 1.807) is 0 Å². The zero-order valence-corrected chi connectivity index (χ0v) is 19.4. The molecule has 0 bridgehead atoms. The molecule has 2 heterocycles. The van der Waals surface area contributed by atoms with Crippen LogP contribution in [-0.2, 0) is 0 Å². The molecule has 184 valence electrons. The van der Waals surface area contributed by atoms with Gasteiger partial charge < -0.3 is 25.9 Å². The first kappa shape index (κ1) is 24.7. The maximum Gasteiger partial charge on any atom is 0.228 e. The second-order valence-corrected chi connectivity index (χ2v) is 8.72. The summed E-state index contributed by atoms with van der Waals surface area (Å²) in [5.41, 5.74) is 6.52. The minimum absolute atomic E-state index is 0.0220. The molecule has 1 aliphatic rings. The Balaban J connectivity index is 1.60. The smallest absolute Gasteiger partial charge is 0.228 e. The minimum atomic E-state index is -1.27. The van der Waals surface area contributed by atoms with Gasteiger partial charge in [0.1, 0.15) is 35.5 Å². The highest BCUT2D eigenvalue weighted by Gasteiger charge is 2.29. The number of nitrogens with one attached hydrogen (secondary N) is 3. The predicted molar refractivity (Wildman–Crippen MR) is 127 cm³/mol. The van der Waals surface area contributed by atoms with Crippen molar-refractivity contribution in [3.05, 3.63) is 59.4 Å². The van der Waals surface area contributed by atoms with Gasteiger partial charge in [-0.05, 0) is 68.2 Å². The number of nitrogen functional groups attached to an aromatic ring is 1. The second kappa shape index (κ2) is 10.5. The summed E-state index contributed by atoms with van der Waals surface area (Å²) in [5.74, 6) is -2.04. The van der Waals surface area contributed by atoms with Crippen molar-refractivity contribution in [1.29, 1.82) is 5.41 Å². The summed E-state index contributed by atoms with van der Waals surface area (Å²) < 4.78 is 64.7. The average molecular weight is 507 g/mol. The van der Waals surface area contributed by atoms with Crippen LogP contribution in [0, 0.1) is 22.9 Å². The van der Waals surface area contributed by atoms with E-state index in [0.717, 1.165) is 36.2 Å². The number of hydrogen-bond acceptors (Lipinski definition) is 8. The number of benzene rings is 2. The normalized spacial score (nSPS) is 17.7. The van der Waals surface area contributed by atoms with Crippen LogP contribution in [0.4, 0.5) is 29.1 Å². The molecule has 0 radical (unpaired) electrons. The number of piperidine rings is 1. The van der Waals surface area contributed by atoms with E-state index in [1.807, 2.05) is 0 Å². The Hall–Kier alpha value is -3.38. The lowest BCUT2D eigenvalue weighted by Crippen LogP contribution is -2.44. The van der Waals surface area contributed by atoms with Gasteiger partial charge in [-0.25, -0.2) is 22.5 Å². The van der Waals surface area contributed by atoms with Crippen molar-refractivity contribution in [2.24, 2.45) is 0 Å². The van der Waals surface area contributed by atoms with Gasteiger partial charge in [-0.1, -0.05) is 0 Å². The number of nitrogens with two attached hydrogens (primary N) is 1. The van der Waals surface area contributed by atoms with Crippen molar-refractivity contribution in [2.45, 2.75) is 30.5 Å². The number of anilines is 2. The number of ether oxygens (including phenoxy) is 1. The summed E-state index contributed by atoms with van der Waals surface area (Å²) in [6, 6.07) is 7.00. The fourth-order valence-electron chi connectivity index (χ4n) is 3.50. The van der Waals surface area contributed by atoms with E-state index >= 15 is 0 Å². The van der Waals surface area contributed by atoms with E-state index in [4.69, 9.17) is 15.9 Å². The Kier molecular flexibility index (Phi) is 7.41. The molecule has 4 rings (SSSR count). The highest BCUT2D eigenvalue weighted by Crippen LogP contribution is 2.31. The molecule has 1 fully saturated rings. The van der Waals surface area contributed by atoms with Crippen LogP contribution in [0.3, 0.4) is 0 Å². The maximum atomic E-state index is 14.8. The van der Waals surface area contributed by atoms with Crippen LogP contribution in [0.5, 0.6) is 5.88 Å². The molecule has 0 saturated carbocycles. The quantitative estimate of drug-likeness (QED) is 0.208. The Labute approximate surface area is 203 Å². The number of rotatable bonds is 7. The lowest BCUT2D eigenvalue weighted by atomic mass is 10.1. The third kappa shape index (κ3) is 5.65. The first-order valence-corrected chi connectivity index (χ1v) is 11.5. The summed E-state index contributed by atoms with van der Waals surface area (Å²) in [4.78, 5) is 8.46. The molecule has 5 N–H and O–H groups in total. The molecule has 0 aliphatic carbocycles. The van der Waals surface area contributed by atoms with Gasteiger partial charge >= 0.3 is 0 Å². The highest BCUT2D eigenvalue weighted by molar-refractivity contribution is 8.00. The summed E-state index contributed by atoms with van der Waals surface area (Å²) >= 11 is 0.719. The van der Waals surface area contributed by atoms with E-state index < -0.39 is 29.7 Å². The Morgan fingerprint density at radius 2 is 1.97 bits per heavy atom. The fraction of sp³-hybridized carbons (Fsp3) is 0.261. The van der Waals surface area contributed by atoms with Gasteiger partial charge in [0, 0.05) is 17.8 Å². The average Bonchev–Trinajstić information content (AvgIpc) is 2.81. The number of nitrogens with zero attached hydrogens (tertiary/aromatic N) is 2. The third-order valence-corrected chi connectivity index (χ3v) is 6.14. The molecule has 12 heteroatoms. The molecule has 7 nitrogen and oxygen atoms in total. The van der Waals surface area contributed by atoms with Crippen molar-refractivity contribution in [3.8, 4) is 17.3 Å². The first-order valence-electron chi connectivity index (χ1n) is 10.6. The largest absolute Gasteiger partial charge is 0.471 e. The summed E-state index contributed by atoms with van der Waals surface area (Å²) in [5, 5.41) is 10.9. The lowest BCUT2D eigenvalue weighted by molar-refractivity contribution is 0.0692. The van der Waals surface area contributed by atoms with Crippen LogP contribution >= 0.6 is 11.9 Å². The predicted octanol–water partition coefficient (Wildman–Crippen LogP) is 4.73. The van der Waals surface area contributed by atoms with Gasteiger partial charge in [0.25, 0.3) is 0 Å². The van der Waals surface area contributed by atoms with Crippen molar-refractivity contribution in [2.75, 3.05) is 23.5 Å². The summed E-state index contributed by atoms with van der Waals surface area (Å²) in [7, 11) is 0. The molecule has 1 aromatic heterocycles. The van der Waals surface area contributed by atoms with E-state index in [0.29, 0.717) is 13.0 Å². The van der Waals surface area contributed by atoms with E-state index in [1.165, 1.54) is 19.1 Å². The molecule has 2 unspecified atom stereocenters. The van der Waals surface area contributed by atoms with Gasteiger partial charge in [-0.2, -0.15) is 4.98 Å². The van der Waals surface area contributed by atoms with Crippen molar-refractivity contribution >= 4 is 29.2 Å². The molecule has 35 heavy (non-hydrogen) atoms. The van der Waals surface area contributed by atoms with E-state index in [2.05, 4.69) is 20.0 Å². The van der Waals surface area contributed by atoms with Crippen LogP contribution < -0.4 is 20.5 Å². The van der Waals surface area contributed by atoms with Crippen molar-refractivity contribution in [1.82, 2.24) is 15.3 Å². The first-order chi connectivity index (χ1) is 16.7. The van der Waals surface area contributed by atoms with Crippen LogP contribution in [0.2, 0.25) is 0 Å². The molecule has 3 aromatic rings. The number of alkyl halides is 1. The third-order valence-electron chi connectivity index (χ3n) is 5.28. The molecule has 1 aliphatic heterocycles. The standard InChI is InChI=1S/C23H22F4N6OS/c1-11(28)20-21(29)31-22(32-23(20)34-18-6-7-30-10-16(18)27)12-2-5-17(15(26)8-12)33-35-19-9-13(24)3-4-14(19)25/h2-5,8-9,16,18,28,30,33H,6-7,10H2,1H3,(H2,29,31,32). The number of halogens is 4. The Morgan fingerprint density at radius 1 is 1.17 bits per heavy atom. The molecule has 2 aromatic carbocycles. The zero-order chi connectivity index (χ0) is 25.1. The molecule has 1 saturated heterocycles. The van der Waals surface area contributed by atoms with Gasteiger partial charge in [0.15, 0.2) is 5.82 Å². The fourth-order valence-corrected chi connectivity index (χ4v) is 4.22. The van der Waals surface area contributed by atoms with E-state index in [-0.39, 0.29) is 51.5 Å². The molecular formula is C23H22F4N6OS. The van der Waals surface area contributed by atoms with E-state index in [9.17, 15) is 17.6 Å². The maximum absolute atomic E-state index is 14.8. The van der Waals surface area contributed by atoms with Crippen molar-refractivity contribution in [3.63, 3.8) is 0 Å². The van der Waals surface area contributed by atoms with Gasteiger partial charge in [-0.3, -0.25) is 0 Å². The highest BCUT2D eigenvalue weighted by atomic mass is 32.2. The minimum Gasteiger partial charge on any atom is -0.471 e.